The van der Waals surface area contributed by atoms with E-state index in [9.17, 15) is 0 Å². The number of methoxy groups -OCH3 is 2. The number of nitrogens with zero attached hydrogens (tertiary/aromatic N) is 3. The van der Waals surface area contributed by atoms with Gasteiger partial charge < -0.3 is 14.0 Å². The van der Waals surface area contributed by atoms with Crippen LogP contribution in [0.5, 0.6) is 11.5 Å². The first-order valence-corrected chi connectivity index (χ1v) is 10.6. The summed E-state index contributed by atoms with van der Waals surface area (Å²) in [6.45, 7) is 0. The zero-order valence-corrected chi connectivity index (χ0v) is 17.1. The molecule has 5 nitrogen and oxygen atoms in total. The predicted molar refractivity (Wildman–Crippen MR) is 112 cm³/mol. The highest BCUT2D eigenvalue weighted by atomic mass is 32.1. The Kier molecular flexibility index (Phi) is 5.76. The van der Waals surface area contributed by atoms with Crippen molar-refractivity contribution >= 4 is 17.0 Å². The highest BCUT2D eigenvalue weighted by Crippen LogP contribution is 2.37. The van der Waals surface area contributed by atoms with Gasteiger partial charge in [0.05, 0.1) is 31.8 Å². The molecule has 0 radical (unpaired) electrons. The Morgan fingerprint density at radius 2 is 1.96 bits per heavy atom. The lowest BCUT2D eigenvalue weighted by Crippen LogP contribution is -2.23. The zero-order chi connectivity index (χ0) is 19.3. The molecule has 0 amide bonds. The number of pyridine rings is 1. The summed E-state index contributed by atoms with van der Waals surface area (Å²) in [7, 11) is 3.40. The Hall–Kier alpha value is -2.60. The molecule has 28 heavy (non-hydrogen) atoms. The van der Waals surface area contributed by atoms with E-state index in [4.69, 9.17) is 14.5 Å². The van der Waals surface area contributed by atoms with Gasteiger partial charge in [-0.3, -0.25) is 4.98 Å². The van der Waals surface area contributed by atoms with Crippen molar-refractivity contribution in [3.8, 4) is 22.8 Å². The van der Waals surface area contributed by atoms with Gasteiger partial charge in [0.1, 0.15) is 11.5 Å². The third-order valence-corrected chi connectivity index (χ3v) is 6.07. The SMILES string of the molecule is COc1ccc(OC)c(-c2csc(=Nc3cccnc3)n2C2CCCCC2)c1. The molecule has 0 unspecified atom stereocenters. The number of hydrogen-bond donors (Lipinski definition) is 0. The second-order valence-corrected chi connectivity index (χ2v) is 7.79. The van der Waals surface area contributed by atoms with Crippen LogP contribution in [0.25, 0.3) is 11.3 Å². The maximum Gasteiger partial charge on any atom is 0.190 e. The average Bonchev–Trinajstić information content (AvgIpc) is 3.17. The van der Waals surface area contributed by atoms with Gasteiger partial charge in [0.2, 0.25) is 0 Å². The summed E-state index contributed by atoms with van der Waals surface area (Å²) in [5.74, 6) is 1.67. The minimum absolute atomic E-state index is 0.446. The van der Waals surface area contributed by atoms with Crippen LogP contribution in [0.1, 0.15) is 38.1 Å². The number of hydrogen-bond acceptors (Lipinski definition) is 5. The van der Waals surface area contributed by atoms with Crippen LogP contribution in [-0.2, 0) is 0 Å². The van der Waals surface area contributed by atoms with Gasteiger partial charge in [0.25, 0.3) is 0 Å². The Morgan fingerprint density at radius 1 is 1.11 bits per heavy atom. The molecule has 0 N–H and O–H groups in total. The van der Waals surface area contributed by atoms with Gasteiger partial charge in [-0.1, -0.05) is 19.3 Å². The summed E-state index contributed by atoms with van der Waals surface area (Å²) in [4.78, 5) is 10.1. The van der Waals surface area contributed by atoms with E-state index >= 15 is 0 Å². The first-order chi connectivity index (χ1) is 13.8. The van der Waals surface area contributed by atoms with Crippen molar-refractivity contribution in [1.82, 2.24) is 9.55 Å². The molecule has 0 aliphatic heterocycles. The van der Waals surface area contributed by atoms with Crippen LogP contribution in [-0.4, -0.2) is 23.8 Å². The summed E-state index contributed by atoms with van der Waals surface area (Å²) in [5, 5.41) is 2.18. The lowest BCUT2D eigenvalue weighted by atomic mass is 9.95. The molecule has 6 heteroatoms. The van der Waals surface area contributed by atoms with Crippen LogP contribution in [0.2, 0.25) is 0 Å². The molecular weight excluding hydrogens is 370 g/mol. The first-order valence-electron chi connectivity index (χ1n) is 9.67. The molecular formula is C22H25N3O2S. The van der Waals surface area contributed by atoms with Crippen LogP contribution < -0.4 is 14.3 Å². The quantitative estimate of drug-likeness (QED) is 0.584. The molecule has 0 saturated heterocycles. The monoisotopic (exact) mass is 395 g/mol. The van der Waals surface area contributed by atoms with Crippen molar-refractivity contribution in [2.75, 3.05) is 14.2 Å². The number of aromatic nitrogens is 2. The van der Waals surface area contributed by atoms with Gasteiger partial charge in [0, 0.05) is 23.2 Å². The molecule has 1 saturated carbocycles. The third-order valence-electron chi connectivity index (χ3n) is 5.23. The molecule has 1 aromatic carbocycles. The third kappa shape index (κ3) is 3.83. The Balaban J connectivity index is 1.90. The second kappa shape index (κ2) is 8.61. The molecule has 0 spiro atoms. The van der Waals surface area contributed by atoms with Crippen LogP contribution in [0.15, 0.2) is 53.1 Å². The molecule has 1 aliphatic rings. The van der Waals surface area contributed by atoms with E-state index in [-0.39, 0.29) is 0 Å². The first kappa shape index (κ1) is 18.7. The van der Waals surface area contributed by atoms with E-state index in [1.54, 1.807) is 38.0 Å². The molecule has 3 aromatic rings. The van der Waals surface area contributed by atoms with Gasteiger partial charge >= 0.3 is 0 Å². The van der Waals surface area contributed by atoms with Gasteiger partial charge in [0.15, 0.2) is 4.80 Å². The van der Waals surface area contributed by atoms with Crippen LogP contribution in [0, 0.1) is 0 Å². The lowest BCUT2D eigenvalue weighted by Gasteiger charge is -2.25. The van der Waals surface area contributed by atoms with Crippen molar-refractivity contribution in [2.45, 2.75) is 38.1 Å². The average molecular weight is 396 g/mol. The Labute approximate surface area is 169 Å². The summed E-state index contributed by atoms with van der Waals surface area (Å²) in [6, 6.07) is 10.3. The second-order valence-electron chi connectivity index (χ2n) is 6.95. The summed E-state index contributed by atoms with van der Waals surface area (Å²) < 4.78 is 13.5. The van der Waals surface area contributed by atoms with Crippen molar-refractivity contribution in [3.05, 3.63) is 52.9 Å². The van der Waals surface area contributed by atoms with Gasteiger partial charge in [-0.15, -0.1) is 11.3 Å². The highest BCUT2D eigenvalue weighted by Gasteiger charge is 2.22. The standard InChI is InChI=1S/C22H25N3O2S/c1-26-18-10-11-21(27-2)19(13-18)20-15-28-22(24-16-7-6-12-23-14-16)25(20)17-8-4-3-5-9-17/h6-7,10-15,17H,3-5,8-9H2,1-2H3. The van der Waals surface area contributed by atoms with Crippen LogP contribution >= 0.6 is 11.3 Å². The number of rotatable bonds is 5. The van der Waals surface area contributed by atoms with Crippen molar-refractivity contribution in [2.24, 2.45) is 4.99 Å². The largest absolute Gasteiger partial charge is 0.497 e. The van der Waals surface area contributed by atoms with Crippen molar-refractivity contribution in [3.63, 3.8) is 0 Å². The van der Waals surface area contributed by atoms with Crippen LogP contribution in [0.4, 0.5) is 5.69 Å². The molecule has 2 aromatic heterocycles. The fraction of sp³-hybridized carbons (Fsp3) is 0.364. The molecule has 1 aliphatic carbocycles. The van der Waals surface area contributed by atoms with E-state index < -0.39 is 0 Å². The van der Waals surface area contributed by atoms with Gasteiger partial charge in [-0.2, -0.15) is 0 Å². The zero-order valence-electron chi connectivity index (χ0n) is 16.3. The highest BCUT2D eigenvalue weighted by molar-refractivity contribution is 7.07. The molecule has 1 fully saturated rings. The number of benzene rings is 1. The molecule has 4 rings (SSSR count). The predicted octanol–water partition coefficient (Wildman–Crippen LogP) is 5.37. The van der Waals surface area contributed by atoms with Crippen LogP contribution in [0.3, 0.4) is 0 Å². The van der Waals surface area contributed by atoms with E-state index in [1.807, 2.05) is 30.3 Å². The van der Waals surface area contributed by atoms with Gasteiger partial charge in [-0.05, 0) is 43.2 Å². The molecule has 0 atom stereocenters. The number of ether oxygens (including phenoxy) is 2. The fourth-order valence-corrected chi connectivity index (χ4v) is 4.81. The smallest absolute Gasteiger partial charge is 0.190 e. The minimum atomic E-state index is 0.446. The van der Waals surface area contributed by atoms with E-state index in [1.165, 1.54) is 32.1 Å². The van der Waals surface area contributed by atoms with Crippen molar-refractivity contribution < 1.29 is 9.47 Å². The summed E-state index contributed by atoms with van der Waals surface area (Å²) in [6.07, 6.45) is 9.76. The number of thiazole rings is 1. The maximum absolute atomic E-state index is 5.66. The topological polar surface area (TPSA) is 48.6 Å². The van der Waals surface area contributed by atoms with E-state index in [2.05, 4.69) is 14.9 Å². The van der Waals surface area contributed by atoms with Crippen molar-refractivity contribution in [1.29, 1.82) is 0 Å². The maximum atomic E-state index is 5.66. The molecule has 0 bridgehead atoms. The molecule has 146 valence electrons. The lowest BCUT2D eigenvalue weighted by molar-refractivity contribution is 0.350. The normalized spacial score (nSPS) is 15.6. The Bertz CT molecular complexity index is 989. The van der Waals surface area contributed by atoms with Gasteiger partial charge in [-0.25, -0.2) is 4.99 Å². The molecule has 2 heterocycles. The van der Waals surface area contributed by atoms with E-state index in [0.717, 1.165) is 33.2 Å². The minimum Gasteiger partial charge on any atom is -0.497 e. The summed E-state index contributed by atoms with van der Waals surface area (Å²) >= 11 is 1.66. The summed E-state index contributed by atoms with van der Waals surface area (Å²) in [5.41, 5.74) is 3.05. The van der Waals surface area contributed by atoms with E-state index in [0.29, 0.717) is 6.04 Å². The fourth-order valence-electron chi connectivity index (χ4n) is 3.84. The Morgan fingerprint density at radius 3 is 2.68 bits per heavy atom.